The van der Waals surface area contributed by atoms with Crippen LogP contribution in [-0.2, 0) is 7.05 Å². The summed E-state index contributed by atoms with van der Waals surface area (Å²) in [4.78, 5) is 30.8. The van der Waals surface area contributed by atoms with Crippen molar-refractivity contribution in [3.8, 4) is 11.5 Å². The van der Waals surface area contributed by atoms with Crippen molar-refractivity contribution in [2.24, 2.45) is 7.05 Å². The Balaban J connectivity index is 1.86. The highest BCUT2D eigenvalue weighted by molar-refractivity contribution is 7.98. The van der Waals surface area contributed by atoms with Gasteiger partial charge in [0.15, 0.2) is 11.5 Å². The number of nitrogens with one attached hydrogen (secondary N) is 4. The number of halogens is 2. The van der Waals surface area contributed by atoms with Crippen LogP contribution in [0.25, 0.3) is 0 Å². The maximum atomic E-state index is 14.7. The van der Waals surface area contributed by atoms with E-state index in [0.717, 1.165) is 18.4 Å². The number of pyridine rings is 2. The molecule has 12 heteroatoms. The predicted molar refractivity (Wildman–Crippen MR) is 141 cm³/mol. The standard InChI is InChI=1S/C24H26ClFN6O3S/c1-12-5-8-16(15(26)9-12)30-22-19(23(33)29-14-6-7-14)21(13(2)24(34)32(22)4)35-18-11-28-10-17(20(18)25)31-36-27-3/h5,8-11,14,27,30-31H,6-7H2,1-4H3,(H,29,33). The number of benzene rings is 1. The van der Waals surface area contributed by atoms with Crippen LogP contribution < -0.4 is 30.4 Å². The highest BCUT2D eigenvalue weighted by Gasteiger charge is 2.31. The van der Waals surface area contributed by atoms with E-state index >= 15 is 0 Å². The topological polar surface area (TPSA) is 109 Å². The molecule has 0 bridgehead atoms. The summed E-state index contributed by atoms with van der Waals surface area (Å²) in [6, 6.07) is 4.67. The molecular formula is C24H26ClFN6O3S. The van der Waals surface area contributed by atoms with E-state index in [4.69, 9.17) is 16.3 Å². The summed E-state index contributed by atoms with van der Waals surface area (Å²) in [5.41, 5.74) is 1.14. The number of rotatable bonds is 9. The molecule has 9 nitrogen and oxygen atoms in total. The summed E-state index contributed by atoms with van der Waals surface area (Å²) >= 11 is 7.71. The summed E-state index contributed by atoms with van der Waals surface area (Å²) in [6.07, 6.45) is 4.62. The number of carbonyl (C=O) groups is 1. The van der Waals surface area contributed by atoms with E-state index in [-0.39, 0.29) is 45.2 Å². The van der Waals surface area contributed by atoms with Crippen LogP contribution >= 0.6 is 23.7 Å². The van der Waals surface area contributed by atoms with Gasteiger partial charge in [-0.3, -0.25) is 19.1 Å². The molecular weight excluding hydrogens is 507 g/mol. The number of aromatic nitrogens is 2. The van der Waals surface area contributed by atoms with Gasteiger partial charge in [-0.15, -0.1) is 0 Å². The molecule has 0 spiro atoms. The molecule has 190 valence electrons. The fourth-order valence-electron chi connectivity index (χ4n) is 3.52. The molecule has 1 aliphatic carbocycles. The van der Waals surface area contributed by atoms with E-state index in [1.807, 2.05) is 0 Å². The molecule has 2 heterocycles. The third kappa shape index (κ3) is 5.43. The Morgan fingerprint density at radius 3 is 2.67 bits per heavy atom. The zero-order chi connectivity index (χ0) is 26.0. The van der Waals surface area contributed by atoms with Crippen molar-refractivity contribution in [2.75, 3.05) is 17.1 Å². The maximum Gasteiger partial charge on any atom is 0.259 e. The first-order valence-corrected chi connectivity index (χ1v) is 12.4. The Hall–Kier alpha value is -3.28. The molecule has 3 aromatic rings. The van der Waals surface area contributed by atoms with Crippen LogP contribution in [-0.4, -0.2) is 28.5 Å². The average Bonchev–Trinajstić information content (AvgIpc) is 3.66. The zero-order valence-electron chi connectivity index (χ0n) is 20.2. The minimum atomic E-state index is -0.521. The quantitative estimate of drug-likeness (QED) is 0.291. The summed E-state index contributed by atoms with van der Waals surface area (Å²) in [6.45, 7) is 3.33. The van der Waals surface area contributed by atoms with Gasteiger partial charge in [-0.25, -0.2) is 9.11 Å². The fraction of sp³-hybridized carbons (Fsp3) is 0.292. The van der Waals surface area contributed by atoms with Crippen molar-refractivity contribution in [1.29, 1.82) is 0 Å². The largest absolute Gasteiger partial charge is 0.453 e. The van der Waals surface area contributed by atoms with Gasteiger partial charge in [0.25, 0.3) is 11.5 Å². The second-order valence-electron chi connectivity index (χ2n) is 8.41. The molecule has 1 saturated carbocycles. The fourth-order valence-corrected chi connectivity index (χ4v) is 4.12. The minimum Gasteiger partial charge on any atom is -0.453 e. The molecule has 1 aromatic carbocycles. The molecule has 1 fully saturated rings. The number of nitrogens with zero attached hydrogens (tertiary/aromatic N) is 2. The van der Waals surface area contributed by atoms with Crippen molar-refractivity contribution in [2.45, 2.75) is 32.7 Å². The number of carbonyl (C=O) groups excluding carboxylic acids is 1. The Bertz CT molecular complexity index is 1380. The molecule has 0 unspecified atom stereocenters. The Labute approximate surface area is 217 Å². The maximum absolute atomic E-state index is 14.7. The monoisotopic (exact) mass is 532 g/mol. The van der Waals surface area contributed by atoms with Crippen molar-refractivity contribution in [3.63, 3.8) is 0 Å². The van der Waals surface area contributed by atoms with Crippen LogP contribution in [0.3, 0.4) is 0 Å². The van der Waals surface area contributed by atoms with E-state index in [1.165, 1.54) is 42.2 Å². The first-order chi connectivity index (χ1) is 17.2. The summed E-state index contributed by atoms with van der Waals surface area (Å²) < 4.78 is 27.9. The van der Waals surface area contributed by atoms with Gasteiger partial charge in [0.1, 0.15) is 22.2 Å². The zero-order valence-corrected chi connectivity index (χ0v) is 21.7. The summed E-state index contributed by atoms with van der Waals surface area (Å²) in [5.74, 6) is -0.737. The first kappa shape index (κ1) is 25.8. The molecule has 1 aliphatic rings. The van der Waals surface area contributed by atoms with Crippen LogP contribution in [0.1, 0.15) is 34.3 Å². The van der Waals surface area contributed by atoms with Gasteiger partial charge in [-0.05, 0) is 51.4 Å². The van der Waals surface area contributed by atoms with Gasteiger partial charge < -0.3 is 20.1 Å². The van der Waals surface area contributed by atoms with Crippen molar-refractivity contribution >= 4 is 46.8 Å². The second-order valence-corrected chi connectivity index (χ2v) is 9.60. The smallest absolute Gasteiger partial charge is 0.259 e. The van der Waals surface area contributed by atoms with Gasteiger partial charge in [0, 0.05) is 25.2 Å². The minimum absolute atomic E-state index is 0.00777. The van der Waals surface area contributed by atoms with Crippen LogP contribution in [0.15, 0.2) is 35.4 Å². The van der Waals surface area contributed by atoms with Gasteiger partial charge in [-0.1, -0.05) is 17.7 Å². The van der Waals surface area contributed by atoms with Gasteiger partial charge in [0.05, 0.1) is 29.3 Å². The van der Waals surface area contributed by atoms with Crippen molar-refractivity contribution < 1.29 is 13.9 Å². The SMILES string of the molecule is CNSNc1cncc(Oc2c(C(=O)NC3CC3)c(Nc3ccc(C)cc3F)n(C)c(=O)c2C)c1Cl. The Morgan fingerprint density at radius 1 is 1.25 bits per heavy atom. The molecule has 0 atom stereocenters. The lowest BCUT2D eigenvalue weighted by molar-refractivity contribution is 0.0948. The third-order valence-corrected chi connectivity index (χ3v) is 6.52. The lowest BCUT2D eigenvalue weighted by atomic mass is 10.1. The highest BCUT2D eigenvalue weighted by Crippen LogP contribution is 2.39. The van der Waals surface area contributed by atoms with Crippen LogP contribution in [0.2, 0.25) is 5.02 Å². The lowest BCUT2D eigenvalue weighted by Gasteiger charge is -2.22. The van der Waals surface area contributed by atoms with Crippen LogP contribution in [0.4, 0.5) is 21.6 Å². The number of ether oxygens (including phenoxy) is 1. The average molecular weight is 533 g/mol. The number of amides is 1. The van der Waals surface area contributed by atoms with E-state index in [9.17, 15) is 14.0 Å². The van der Waals surface area contributed by atoms with Crippen LogP contribution in [0, 0.1) is 19.7 Å². The Kier molecular flexibility index (Phi) is 7.72. The molecule has 2 aromatic heterocycles. The predicted octanol–water partition coefficient (Wildman–Crippen LogP) is 4.81. The van der Waals surface area contributed by atoms with E-state index < -0.39 is 17.3 Å². The molecule has 36 heavy (non-hydrogen) atoms. The molecule has 1 amide bonds. The van der Waals surface area contributed by atoms with Crippen molar-refractivity contribution in [1.82, 2.24) is 19.6 Å². The molecule has 0 aliphatic heterocycles. The molecule has 0 radical (unpaired) electrons. The normalized spacial score (nSPS) is 12.8. The van der Waals surface area contributed by atoms with E-state index in [2.05, 4.69) is 25.1 Å². The van der Waals surface area contributed by atoms with Gasteiger partial charge >= 0.3 is 0 Å². The summed E-state index contributed by atoms with van der Waals surface area (Å²) in [5, 5.41) is 6.08. The van der Waals surface area contributed by atoms with E-state index in [0.29, 0.717) is 5.69 Å². The van der Waals surface area contributed by atoms with Crippen molar-refractivity contribution in [3.05, 3.63) is 68.5 Å². The molecule has 4 rings (SSSR count). The van der Waals surface area contributed by atoms with Gasteiger partial charge in [-0.2, -0.15) is 0 Å². The van der Waals surface area contributed by atoms with Gasteiger partial charge in [0.2, 0.25) is 0 Å². The second kappa shape index (κ2) is 10.8. The number of hydrogen-bond donors (Lipinski definition) is 4. The van der Waals surface area contributed by atoms with E-state index in [1.54, 1.807) is 33.0 Å². The molecule has 0 saturated heterocycles. The Morgan fingerprint density at radius 2 is 2.00 bits per heavy atom. The first-order valence-electron chi connectivity index (χ1n) is 11.2. The lowest BCUT2D eigenvalue weighted by Crippen LogP contribution is -2.31. The van der Waals surface area contributed by atoms with Crippen LogP contribution in [0.5, 0.6) is 11.5 Å². The summed E-state index contributed by atoms with van der Waals surface area (Å²) in [7, 11) is 3.24. The third-order valence-electron chi connectivity index (χ3n) is 5.61. The number of anilines is 3. The highest BCUT2D eigenvalue weighted by atomic mass is 35.5. The number of aryl methyl sites for hydroxylation is 1. The molecule has 4 N–H and O–H groups in total. The number of hydrogen-bond acceptors (Lipinski definition) is 8.